The van der Waals surface area contributed by atoms with Gasteiger partial charge in [0, 0.05) is 17.5 Å². The van der Waals surface area contributed by atoms with Gasteiger partial charge in [0.1, 0.15) is 5.82 Å². The molecule has 0 saturated heterocycles. The fraction of sp³-hybridized carbons (Fsp3) is 0.111. The first-order valence-corrected chi connectivity index (χ1v) is 7.02. The zero-order chi connectivity index (χ0) is 15.5. The number of halogens is 1. The lowest BCUT2D eigenvalue weighted by molar-refractivity contribution is 0.628. The summed E-state index contributed by atoms with van der Waals surface area (Å²) in [4.78, 5) is 12.0. The number of aromatic nitrogens is 2. The second-order valence-corrected chi connectivity index (χ2v) is 5.28. The van der Waals surface area contributed by atoms with Crippen molar-refractivity contribution in [3.8, 4) is 11.3 Å². The van der Waals surface area contributed by atoms with Crippen molar-refractivity contribution >= 4 is 0 Å². The van der Waals surface area contributed by atoms with E-state index < -0.39 is 0 Å². The number of hydrogen-bond acceptors (Lipinski definition) is 2. The van der Waals surface area contributed by atoms with Crippen LogP contribution in [-0.4, -0.2) is 10.2 Å². The van der Waals surface area contributed by atoms with E-state index >= 15 is 0 Å². The molecule has 3 rings (SSSR count). The second kappa shape index (κ2) is 5.93. The van der Waals surface area contributed by atoms with Crippen LogP contribution in [-0.2, 0) is 6.42 Å². The minimum atomic E-state index is -0.298. The summed E-state index contributed by atoms with van der Waals surface area (Å²) in [7, 11) is 0. The molecular weight excluding hydrogens is 279 g/mol. The van der Waals surface area contributed by atoms with Gasteiger partial charge in [-0.05, 0) is 42.8 Å². The molecule has 1 aromatic heterocycles. The predicted molar refractivity (Wildman–Crippen MR) is 84.2 cm³/mol. The van der Waals surface area contributed by atoms with Crippen molar-refractivity contribution in [2.24, 2.45) is 0 Å². The van der Waals surface area contributed by atoms with E-state index in [1.807, 2.05) is 31.2 Å². The van der Waals surface area contributed by atoms with Gasteiger partial charge in [0.05, 0.1) is 5.69 Å². The Morgan fingerprint density at radius 1 is 1.05 bits per heavy atom. The van der Waals surface area contributed by atoms with E-state index in [4.69, 9.17) is 0 Å². The average molecular weight is 294 g/mol. The van der Waals surface area contributed by atoms with Crippen LogP contribution in [0.3, 0.4) is 0 Å². The smallest absolute Gasteiger partial charge is 0.267 e. The SMILES string of the molecule is Cc1ccc(Cc2cc(-c3ccc(F)cc3)n[nH]c2=O)cc1. The van der Waals surface area contributed by atoms with Crippen LogP contribution in [0.2, 0.25) is 0 Å². The van der Waals surface area contributed by atoms with Crippen LogP contribution in [0.5, 0.6) is 0 Å². The van der Waals surface area contributed by atoms with Gasteiger partial charge >= 0.3 is 0 Å². The van der Waals surface area contributed by atoms with Crippen molar-refractivity contribution < 1.29 is 4.39 Å². The highest BCUT2D eigenvalue weighted by Gasteiger charge is 2.07. The van der Waals surface area contributed by atoms with E-state index in [0.717, 1.165) is 11.1 Å². The fourth-order valence-electron chi connectivity index (χ4n) is 2.27. The highest BCUT2D eigenvalue weighted by molar-refractivity contribution is 5.59. The summed E-state index contributed by atoms with van der Waals surface area (Å²) >= 11 is 0. The lowest BCUT2D eigenvalue weighted by atomic mass is 10.0. The Morgan fingerprint density at radius 3 is 2.41 bits per heavy atom. The Balaban J connectivity index is 1.94. The third kappa shape index (κ3) is 3.11. The number of aromatic amines is 1. The van der Waals surface area contributed by atoms with Crippen LogP contribution in [0, 0.1) is 12.7 Å². The maximum atomic E-state index is 13.0. The van der Waals surface area contributed by atoms with Crippen LogP contribution >= 0.6 is 0 Å². The molecule has 0 aliphatic heterocycles. The molecule has 0 atom stereocenters. The van der Waals surface area contributed by atoms with Crippen molar-refractivity contribution in [2.45, 2.75) is 13.3 Å². The van der Waals surface area contributed by atoms with Crippen molar-refractivity contribution in [1.82, 2.24) is 10.2 Å². The van der Waals surface area contributed by atoms with Gasteiger partial charge in [-0.3, -0.25) is 4.79 Å². The maximum absolute atomic E-state index is 13.0. The first-order chi connectivity index (χ1) is 10.6. The molecule has 0 amide bonds. The number of H-pyrrole nitrogens is 1. The van der Waals surface area contributed by atoms with Crippen LogP contribution in [0.25, 0.3) is 11.3 Å². The summed E-state index contributed by atoms with van der Waals surface area (Å²) in [6.45, 7) is 2.02. The molecule has 3 nitrogen and oxygen atoms in total. The van der Waals surface area contributed by atoms with E-state index in [-0.39, 0.29) is 11.4 Å². The van der Waals surface area contributed by atoms with Crippen molar-refractivity contribution in [3.05, 3.63) is 87.5 Å². The minimum Gasteiger partial charge on any atom is -0.268 e. The van der Waals surface area contributed by atoms with Gasteiger partial charge in [-0.2, -0.15) is 5.10 Å². The zero-order valence-electron chi connectivity index (χ0n) is 12.1. The molecule has 1 heterocycles. The molecule has 110 valence electrons. The van der Waals surface area contributed by atoms with Gasteiger partial charge in [0.2, 0.25) is 0 Å². The Hall–Kier alpha value is -2.75. The molecule has 1 N–H and O–H groups in total. The fourth-order valence-corrected chi connectivity index (χ4v) is 2.27. The van der Waals surface area contributed by atoms with Crippen LogP contribution < -0.4 is 5.56 Å². The molecule has 0 bridgehead atoms. The highest BCUT2D eigenvalue weighted by atomic mass is 19.1. The van der Waals surface area contributed by atoms with Gasteiger partial charge in [-0.1, -0.05) is 29.8 Å². The number of benzene rings is 2. The normalized spacial score (nSPS) is 10.6. The summed E-state index contributed by atoms with van der Waals surface area (Å²) < 4.78 is 13.0. The lowest BCUT2D eigenvalue weighted by Crippen LogP contribution is -2.15. The predicted octanol–water partition coefficient (Wildman–Crippen LogP) is 3.48. The van der Waals surface area contributed by atoms with Gasteiger partial charge in [0.15, 0.2) is 0 Å². The zero-order valence-corrected chi connectivity index (χ0v) is 12.1. The van der Waals surface area contributed by atoms with Crippen LogP contribution in [0.1, 0.15) is 16.7 Å². The first kappa shape index (κ1) is 14.2. The largest absolute Gasteiger partial charge is 0.268 e. The molecule has 0 unspecified atom stereocenters. The Bertz CT molecular complexity index is 836. The summed E-state index contributed by atoms with van der Waals surface area (Å²) in [5, 5.41) is 6.55. The highest BCUT2D eigenvalue weighted by Crippen LogP contribution is 2.17. The minimum absolute atomic E-state index is 0.202. The third-order valence-corrected chi connectivity index (χ3v) is 3.54. The van der Waals surface area contributed by atoms with Gasteiger partial charge in [-0.25, -0.2) is 9.49 Å². The van der Waals surface area contributed by atoms with Gasteiger partial charge in [0.25, 0.3) is 5.56 Å². The van der Waals surface area contributed by atoms with E-state index in [1.54, 1.807) is 18.2 Å². The number of nitrogens with zero attached hydrogens (tertiary/aromatic N) is 1. The summed E-state index contributed by atoms with van der Waals surface area (Å²) in [5.74, 6) is -0.298. The Morgan fingerprint density at radius 2 is 1.73 bits per heavy atom. The first-order valence-electron chi connectivity index (χ1n) is 7.02. The molecule has 4 heteroatoms. The monoisotopic (exact) mass is 294 g/mol. The van der Waals surface area contributed by atoms with Crippen molar-refractivity contribution in [1.29, 1.82) is 0 Å². The standard InChI is InChI=1S/C18H15FN2O/c1-12-2-4-13(5-3-12)10-15-11-17(20-21-18(15)22)14-6-8-16(19)9-7-14/h2-9,11H,10H2,1H3,(H,21,22). The molecular formula is C18H15FN2O. The van der Waals surface area contributed by atoms with E-state index in [9.17, 15) is 9.18 Å². The van der Waals surface area contributed by atoms with Crippen molar-refractivity contribution in [3.63, 3.8) is 0 Å². The topological polar surface area (TPSA) is 45.8 Å². The van der Waals surface area contributed by atoms with Gasteiger partial charge in [-0.15, -0.1) is 0 Å². The van der Waals surface area contributed by atoms with Crippen LogP contribution in [0.15, 0.2) is 59.4 Å². The number of nitrogens with one attached hydrogen (secondary N) is 1. The second-order valence-electron chi connectivity index (χ2n) is 5.28. The average Bonchev–Trinajstić information content (AvgIpc) is 2.52. The van der Waals surface area contributed by atoms with E-state index in [0.29, 0.717) is 17.7 Å². The molecule has 0 radical (unpaired) electrons. The third-order valence-electron chi connectivity index (χ3n) is 3.54. The lowest BCUT2D eigenvalue weighted by Gasteiger charge is -2.05. The molecule has 0 aliphatic carbocycles. The number of hydrogen-bond donors (Lipinski definition) is 1. The number of rotatable bonds is 3. The Kier molecular flexibility index (Phi) is 3.83. The molecule has 0 saturated carbocycles. The molecule has 0 spiro atoms. The van der Waals surface area contributed by atoms with Crippen LogP contribution in [0.4, 0.5) is 4.39 Å². The summed E-state index contributed by atoms with van der Waals surface area (Å²) in [5.41, 5.74) is 4.07. The molecule has 0 fully saturated rings. The molecule has 22 heavy (non-hydrogen) atoms. The molecule has 3 aromatic rings. The van der Waals surface area contributed by atoms with Crippen molar-refractivity contribution in [2.75, 3.05) is 0 Å². The van der Waals surface area contributed by atoms with Gasteiger partial charge < -0.3 is 0 Å². The van der Waals surface area contributed by atoms with E-state index in [2.05, 4.69) is 10.2 Å². The maximum Gasteiger partial charge on any atom is 0.267 e. The van der Waals surface area contributed by atoms with E-state index in [1.165, 1.54) is 17.7 Å². The molecule has 2 aromatic carbocycles. The summed E-state index contributed by atoms with van der Waals surface area (Å²) in [6, 6.07) is 15.9. The quantitative estimate of drug-likeness (QED) is 0.804. The molecule has 0 aliphatic rings. The summed E-state index contributed by atoms with van der Waals surface area (Å²) in [6.07, 6.45) is 0.534. The number of aryl methyl sites for hydroxylation is 1. The Labute approximate surface area is 127 Å².